The molecule has 1 aliphatic rings. The summed E-state index contributed by atoms with van der Waals surface area (Å²) in [7, 11) is 0. The average Bonchev–Trinajstić information content (AvgIpc) is 2.92. The van der Waals surface area contributed by atoms with Crippen LogP contribution in [0.15, 0.2) is 24.3 Å². The Kier molecular flexibility index (Phi) is 4.87. The van der Waals surface area contributed by atoms with E-state index in [4.69, 9.17) is 4.74 Å². The van der Waals surface area contributed by atoms with E-state index in [1.165, 1.54) is 24.3 Å². The highest BCUT2D eigenvalue weighted by molar-refractivity contribution is 5.83. The molecule has 0 aromatic heterocycles. The number of rotatable bonds is 5. The molecule has 104 valence electrons. The summed E-state index contributed by atoms with van der Waals surface area (Å²) in [6.07, 6.45) is 0.945. The van der Waals surface area contributed by atoms with E-state index in [-0.39, 0.29) is 18.3 Å². The monoisotopic (exact) mass is 267 g/mol. The summed E-state index contributed by atoms with van der Waals surface area (Å²) < 4.78 is 18.1. The van der Waals surface area contributed by atoms with E-state index in [1.54, 1.807) is 0 Å². The van der Waals surface area contributed by atoms with Crippen molar-refractivity contribution >= 4 is 5.91 Å². The zero-order valence-corrected chi connectivity index (χ0v) is 10.6. The number of carbonyl (C=O) groups is 1. The van der Waals surface area contributed by atoms with Crippen LogP contribution in [0, 0.1) is 11.7 Å². The minimum Gasteiger partial charge on any atom is -0.395 e. The number of carbonyl (C=O) groups excluding carboxylic acids is 1. The highest BCUT2D eigenvalue weighted by Crippen LogP contribution is 2.17. The minimum absolute atomic E-state index is 0.235. The molecule has 2 rings (SSSR count). The Hall–Kier alpha value is -1.46. The number of amides is 1. The van der Waals surface area contributed by atoms with Crippen molar-refractivity contribution in [3.05, 3.63) is 35.6 Å². The van der Waals surface area contributed by atoms with Gasteiger partial charge in [-0.1, -0.05) is 12.1 Å². The first-order chi connectivity index (χ1) is 9.20. The van der Waals surface area contributed by atoms with E-state index >= 15 is 0 Å². The molecule has 1 aromatic rings. The Bertz CT molecular complexity index is 415. The standard InChI is InChI=1S/C14H18FNO3/c15-12-3-1-11(2-4-12)13(8-17)14(18)16-7-10-5-6-19-9-10/h1-4,10,13,17H,5-9H2,(H,16,18)/t10-,13-/m0/s1. The lowest BCUT2D eigenvalue weighted by Crippen LogP contribution is -2.35. The second-order valence-corrected chi connectivity index (χ2v) is 4.76. The zero-order valence-electron chi connectivity index (χ0n) is 10.6. The highest BCUT2D eigenvalue weighted by atomic mass is 19.1. The van der Waals surface area contributed by atoms with Gasteiger partial charge in [0.2, 0.25) is 5.91 Å². The highest BCUT2D eigenvalue weighted by Gasteiger charge is 2.22. The molecule has 5 heteroatoms. The molecular formula is C14H18FNO3. The number of nitrogens with one attached hydrogen (secondary N) is 1. The van der Waals surface area contributed by atoms with Crippen molar-refractivity contribution in [3.63, 3.8) is 0 Å². The van der Waals surface area contributed by atoms with Crippen molar-refractivity contribution in [2.45, 2.75) is 12.3 Å². The predicted molar refractivity (Wildman–Crippen MR) is 68.2 cm³/mol. The van der Waals surface area contributed by atoms with E-state index in [0.29, 0.717) is 24.6 Å². The van der Waals surface area contributed by atoms with Crippen LogP contribution in [0.4, 0.5) is 4.39 Å². The van der Waals surface area contributed by atoms with Crippen molar-refractivity contribution < 1.29 is 19.0 Å². The normalized spacial score (nSPS) is 20.2. The molecule has 1 saturated heterocycles. The first kappa shape index (κ1) is 14.0. The largest absolute Gasteiger partial charge is 0.395 e. The van der Waals surface area contributed by atoms with Gasteiger partial charge in [-0.25, -0.2) is 4.39 Å². The smallest absolute Gasteiger partial charge is 0.229 e. The lowest BCUT2D eigenvalue weighted by atomic mass is 9.98. The Labute approximate surface area is 111 Å². The first-order valence-electron chi connectivity index (χ1n) is 6.42. The van der Waals surface area contributed by atoms with Crippen molar-refractivity contribution in [3.8, 4) is 0 Å². The average molecular weight is 267 g/mol. The summed E-state index contributed by atoms with van der Waals surface area (Å²) in [5.41, 5.74) is 0.615. The fraction of sp³-hybridized carbons (Fsp3) is 0.500. The fourth-order valence-electron chi connectivity index (χ4n) is 2.15. The van der Waals surface area contributed by atoms with Crippen molar-refractivity contribution in [1.82, 2.24) is 5.32 Å². The molecule has 1 fully saturated rings. The van der Waals surface area contributed by atoms with Crippen molar-refractivity contribution in [1.29, 1.82) is 0 Å². The van der Waals surface area contributed by atoms with Crippen molar-refractivity contribution in [2.24, 2.45) is 5.92 Å². The quantitative estimate of drug-likeness (QED) is 0.838. The summed E-state index contributed by atoms with van der Waals surface area (Å²) in [5.74, 6) is -0.899. The SMILES string of the molecule is O=C(NC[C@@H]1CCOC1)[C@@H](CO)c1ccc(F)cc1. The molecule has 0 spiro atoms. The van der Waals surface area contributed by atoms with Gasteiger partial charge in [0, 0.05) is 19.1 Å². The number of hydrogen-bond acceptors (Lipinski definition) is 3. The van der Waals surface area contributed by atoms with Crippen LogP contribution in [0.1, 0.15) is 17.9 Å². The molecule has 0 aliphatic carbocycles. The molecule has 2 atom stereocenters. The van der Waals surface area contributed by atoms with E-state index in [0.717, 1.165) is 13.0 Å². The summed E-state index contributed by atoms with van der Waals surface area (Å²) in [6, 6.07) is 5.62. The van der Waals surface area contributed by atoms with Crippen LogP contribution in [0.2, 0.25) is 0 Å². The number of aliphatic hydroxyl groups is 1. The van der Waals surface area contributed by atoms with Crippen molar-refractivity contribution in [2.75, 3.05) is 26.4 Å². The zero-order chi connectivity index (χ0) is 13.7. The minimum atomic E-state index is -0.650. The second kappa shape index (κ2) is 6.63. The number of halogens is 1. The van der Waals surface area contributed by atoms with Crippen LogP contribution in [0.5, 0.6) is 0 Å². The summed E-state index contributed by atoms with van der Waals surface area (Å²) in [5, 5.41) is 12.1. The lowest BCUT2D eigenvalue weighted by molar-refractivity contribution is -0.123. The lowest BCUT2D eigenvalue weighted by Gasteiger charge is -2.16. The van der Waals surface area contributed by atoms with Gasteiger partial charge in [-0.05, 0) is 24.1 Å². The molecule has 0 radical (unpaired) electrons. The number of ether oxygens (including phenoxy) is 1. The van der Waals surface area contributed by atoms with Crippen LogP contribution in [0.3, 0.4) is 0 Å². The molecule has 0 saturated carbocycles. The van der Waals surface area contributed by atoms with Crippen LogP contribution in [0.25, 0.3) is 0 Å². The van der Waals surface area contributed by atoms with Gasteiger partial charge >= 0.3 is 0 Å². The van der Waals surface area contributed by atoms with E-state index in [9.17, 15) is 14.3 Å². The van der Waals surface area contributed by atoms with Gasteiger partial charge in [-0.15, -0.1) is 0 Å². The fourth-order valence-corrected chi connectivity index (χ4v) is 2.15. The maximum Gasteiger partial charge on any atom is 0.229 e. The molecule has 19 heavy (non-hydrogen) atoms. The molecule has 1 heterocycles. The number of aliphatic hydroxyl groups excluding tert-OH is 1. The van der Waals surface area contributed by atoms with Crippen LogP contribution in [-0.4, -0.2) is 37.4 Å². The van der Waals surface area contributed by atoms with Crippen LogP contribution >= 0.6 is 0 Å². The van der Waals surface area contributed by atoms with Gasteiger partial charge in [-0.3, -0.25) is 4.79 Å². The predicted octanol–water partition coefficient (Wildman–Crippen LogP) is 1.05. The third-order valence-electron chi connectivity index (χ3n) is 3.36. The summed E-state index contributed by atoms with van der Waals surface area (Å²) in [6.45, 7) is 1.66. The van der Waals surface area contributed by atoms with E-state index < -0.39 is 5.92 Å². The summed E-state index contributed by atoms with van der Waals surface area (Å²) >= 11 is 0. The molecule has 0 unspecified atom stereocenters. The Morgan fingerprint density at radius 3 is 2.79 bits per heavy atom. The number of benzene rings is 1. The molecule has 0 bridgehead atoms. The second-order valence-electron chi connectivity index (χ2n) is 4.76. The molecule has 1 amide bonds. The first-order valence-corrected chi connectivity index (χ1v) is 6.42. The maximum atomic E-state index is 12.8. The molecule has 2 N–H and O–H groups in total. The van der Waals surface area contributed by atoms with Crippen LogP contribution in [-0.2, 0) is 9.53 Å². The number of hydrogen-bond donors (Lipinski definition) is 2. The van der Waals surface area contributed by atoms with E-state index in [1.807, 2.05) is 0 Å². The van der Waals surface area contributed by atoms with Gasteiger partial charge in [0.15, 0.2) is 0 Å². The third-order valence-corrected chi connectivity index (χ3v) is 3.36. The van der Waals surface area contributed by atoms with Crippen LogP contribution < -0.4 is 5.32 Å². The Morgan fingerprint density at radius 1 is 1.47 bits per heavy atom. The van der Waals surface area contributed by atoms with E-state index in [2.05, 4.69) is 5.32 Å². The Balaban J connectivity index is 1.92. The topological polar surface area (TPSA) is 58.6 Å². The van der Waals surface area contributed by atoms with Gasteiger partial charge in [-0.2, -0.15) is 0 Å². The third kappa shape index (κ3) is 3.75. The molecule has 1 aromatic carbocycles. The maximum absolute atomic E-state index is 12.8. The molecule has 4 nitrogen and oxygen atoms in total. The van der Waals surface area contributed by atoms with Gasteiger partial charge in [0.1, 0.15) is 5.82 Å². The Morgan fingerprint density at radius 2 is 2.21 bits per heavy atom. The molecule has 1 aliphatic heterocycles. The van der Waals surface area contributed by atoms with Gasteiger partial charge in [0.25, 0.3) is 0 Å². The van der Waals surface area contributed by atoms with Gasteiger partial charge in [0.05, 0.1) is 19.1 Å². The summed E-state index contributed by atoms with van der Waals surface area (Å²) in [4.78, 5) is 12.0. The molecular weight excluding hydrogens is 249 g/mol. The van der Waals surface area contributed by atoms with Gasteiger partial charge < -0.3 is 15.2 Å².